The van der Waals surface area contributed by atoms with Crippen LogP contribution in [0.1, 0.15) is 52.4 Å². The molecule has 0 atom stereocenters. The first-order valence-electron chi connectivity index (χ1n) is 6.69. The fourth-order valence-electron chi connectivity index (χ4n) is 2.01. The number of hydrogen-bond acceptors (Lipinski definition) is 0. The van der Waals surface area contributed by atoms with E-state index < -0.39 is 0 Å². The molecule has 17 heavy (non-hydrogen) atoms. The molecule has 0 saturated carbocycles. The maximum atomic E-state index is 2.31. The van der Waals surface area contributed by atoms with Crippen molar-refractivity contribution >= 4 is 0 Å². The molecule has 0 spiro atoms. The Morgan fingerprint density at radius 3 is 2.29 bits per heavy atom. The summed E-state index contributed by atoms with van der Waals surface area (Å²) in [5.41, 5.74) is 0. The fraction of sp³-hybridized carbons (Fsp3) is 0.786. The zero-order valence-electron chi connectivity index (χ0n) is 11.5. The Kier molecular flexibility index (Phi) is 9.24. The summed E-state index contributed by atoms with van der Waals surface area (Å²) in [6.07, 6.45) is 14.7. The van der Waals surface area contributed by atoms with Crippen molar-refractivity contribution in [3.05, 3.63) is 18.7 Å². The number of nitrogens with zero attached hydrogens (tertiary/aromatic N) is 2. The Labute approximate surface area is 112 Å². The lowest BCUT2D eigenvalue weighted by Crippen LogP contribution is -3.00. The first kappa shape index (κ1) is 16.5. The monoisotopic (exact) mass is 258 g/mol. The summed E-state index contributed by atoms with van der Waals surface area (Å²) in [7, 11) is 2.07. The van der Waals surface area contributed by atoms with Gasteiger partial charge in [0.05, 0.1) is 13.6 Å². The molecule has 2 nitrogen and oxygen atoms in total. The van der Waals surface area contributed by atoms with Crippen molar-refractivity contribution in [2.24, 2.45) is 13.0 Å². The molecule has 1 aromatic rings. The highest BCUT2D eigenvalue weighted by Gasteiger charge is 1.99. The van der Waals surface area contributed by atoms with Gasteiger partial charge in [0, 0.05) is 0 Å². The van der Waals surface area contributed by atoms with Crippen LogP contribution in [0.5, 0.6) is 0 Å². The largest absolute Gasteiger partial charge is 1.00 e. The number of halogens is 1. The van der Waals surface area contributed by atoms with Crippen LogP contribution >= 0.6 is 0 Å². The van der Waals surface area contributed by atoms with Crippen molar-refractivity contribution < 1.29 is 17.0 Å². The lowest BCUT2D eigenvalue weighted by atomic mass is 10.0. The molecule has 0 fully saturated rings. The summed E-state index contributed by atoms with van der Waals surface area (Å²) in [4.78, 5) is 0. The van der Waals surface area contributed by atoms with Crippen molar-refractivity contribution in [3.63, 3.8) is 0 Å². The average Bonchev–Trinajstić information content (AvgIpc) is 2.62. The van der Waals surface area contributed by atoms with Gasteiger partial charge in [-0.05, 0) is 18.8 Å². The smallest absolute Gasteiger partial charge is 0.243 e. The summed E-state index contributed by atoms with van der Waals surface area (Å²) in [6, 6.07) is 0. The van der Waals surface area contributed by atoms with Crippen LogP contribution in [0, 0.1) is 5.92 Å². The van der Waals surface area contributed by atoms with E-state index in [9.17, 15) is 0 Å². The topological polar surface area (TPSA) is 8.81 Å². The van der Waals surface area contributed by atoms with Crippen LogP contribution in [-0.2, 0) is 13.6 Å². The van der Waals surface area contributed by atoms with Gasteiger partial charge < -0.3 is 12.4 Å². The van der Waals surface area contributed by atoms with Crippen molar-refractivity contribution in [2.75, 3.05) is 0 Å². The zero-order chi connectivity index (χ0) is 11.8. The van der Waals surface area contributed by atoms with Crippen molar-refractivity contribution in [1.29, 1.82) is 0 Å². The number of rotatable bonds is 8. The molecule has 0 aliphatic heterocycles. The van der Waals surface area contributed by atoms with Gasteiger partial charge in [-0.15, -0.1) is 0 Å². The van der Waals surface area contributed by atoms with Gasteiger partial charge in [-0.1, -0.05) is 39.5 Å². The van der Waals surface area contributed by atoms with Crippen molar-refractivity contribution in [1.82, 2.24) is 4.57 Å². The van der Waals surface area contributed by atoms with E-state index in [4.69, 9.17) is 0 Å². The minimum atomic E-state index is 0. The SMILES string of the molecule is CC(C)CCCCCCC[n+]1ccn(C)c1.[Cl-]. The lowest BCUT2D eigenvalue weighted by Gasteiger charge is -2.03. The van der Waals surface area contributed by atoms with E-state index in [0.717, 1.165) is 5.92 Å². The second-order valence-electron chi connectivity index (χ2n) is 5.27. The maximum absolute atomic E-state index is 2.31. The Morgan fingerprint density at radius 1 is 1.06 bits per heavy atom. The van der Waals surface area contributed by atoms with Gasteiger partial charge in [0.1, 0.15) is 12.4 Å². The summed E-state index contributed by atoms with van der Waals surface area (Å²) in [6.45, 7) is 5.79. The Hall–Kier alpha value is -0.500. The summed E-state index contributed by atoms with van der Waals surface area (Å²) >= 11 is 0. The van der Waals surface area contributed by atoms with Gasteiger partial charge in [0.15, 0.2) is 0 Å². The normalized spacial score (nSPS) is 10.6. The third-order valence-electron chi connectivity index (χ3n) is 3.02. The van der Waals surface area contributed by atoms with Gasteiger partial charge >= 0.3 is 0 Å². The number of unbranched alkanes of at least 4 members (excludes halogenated alkanes) is 4. The van der Waals surface area contributed by atoms with Crippen LogP contribution < -0.4 is 17.0 Å². The predicted octanol–water partition coefficient (Wildman–Crippen LogP) is 0.313. The van der Waals surface area contributed by atoms with Crippen LogP contribution in [-0.4, -0.2) is 4.57 Å². The van der Waals surface area contributed by atoms with Crippen molar-refractivity contribution in [2.45, 2.75) is 58.9 Å². The van der Waals surface area contributed by atoms with Crippen LogP contribution in [0.25, 0.3) is 0 Å². The summed E-state index contributed by atoms with van der Waals surface area (Å²) in [5, 5.41) is 0. The second-order valence-corrected chi connectivity index (χ2v) is 5.27. The summed E-state index contributed by atoms with van der Waals surface area (Å²) < 4.78 is 4.37. The zero-order valence-corrected chi connectivity index (χ0v) is 12.3. The first-order chi connectivity index (χ1) is 7.68. The molecule has 0 aliphatic carbocycles. The third-order valence-corrected chi connectivity index (χ3v) is 3.02. The Balaban J connectivity index is 0.00000256. The van der Waals surface area contributed by atoms with Gasteiger partial charge in [0.25, 0.3) is 0 Å². The molecule has 3 heteroatoms. The molecule has 0 aliphatic rings. The molecule has 0 aromatic carbocycles. The average molecular weight is 259 g/mol. The van der Waals surface area contributed by atoms with Gasteiger partial charge in [-0.3, -0.25) is 0 Å². The molecular formula is C14H27ClN2. The molecule has 0 saturated heterocycles. The van der Waals surface area contributed by atoms with Crippen LogP contribution in [0.3, 0.4) is 0 Å². The minimum absolute atomic E-state index is 0. The molecule has 0 radical (unpaired) electrons. The van der Waals surface area contributed by atoms with Gasteiger partial charge in [-0.25, -0.2) is 9.13 Å². The number of aromatic nitrogens is 2. The van der Waals surface area contributed by atoms with E-state index in [0.29, 0.717) is 0 Å². The minimum Gasteiger partial charge on any atom is -1.00 e. The van der Waals surface area contributed by atoms with E-state index in [1.54, 1.807) is 0 Å². The number of aryl methyl sites for hydroxylation is 2. The standard InChI is InChI=1S/C14H27N2.ClH/c1-14(2)9-7-5-4-6-8-10-16-12-11-15(3)13-16;/h11-14H,4-10H2,1-3H3;1H/q+1;/p-1. The second kappa shape index (κ2) is 9.52. The van der Waals surface area contributed by atoms with E-state index in [1.165, 1.54) is 45.1 Å². The number of imidazole rings is 1. The maximum Gasteiger partial charge on any atom is 0.243 e. The van der Waals surface area contributed by atoms with Gasteiger partial charge in [-0.2, -0.15) is 0 Å². The van der Waals surface area contributed by atoms with E-state index in [2.05, 4.69) is 48.8 Å². The number of hydrogen-bond donors (Lipinski definition) is 0. The molecule has 1 aromatic heterocycles. The molecule has 100 valence electrons. The van der Waals surface area contributed by atoms with E-state index >= 15 is 0 Å². The van der Waals surface area contributed by atoms with E-state index in [1.807, 2.05) is 0 Å². The highest BCUT2D eigenvalue weighted by atomic mass is 35.5. The van der Waals surface area contributed by atoms with E-state index in [-0.39, 0.29) is 12.4 Å². The molecule has 0 bridgehead atoms. The Bertz CT molecular complexity index is 282. The van der Waals surface area contributed by atoms with Crippen LogP contribution in [0.2, 0.25) is 0 Å². The van der Waals surface area contributed by atoms with Crippen LogP contribution in [0.15, 0.2) is 18.7 Å². The summed E-state index contributed by atoms with van der Waals surface area (Å²) in [5.74, 6) is 0.875. The highest BCUT2D eigenvalue weighted by molar-refractivity contribution is 4.61. The fourth-order valence-corrected chi connectivity index (χ4v) is 2.01. The predicted molar refractivity (Wildman–Crippen MR) is 68.1 cm³/mol. The molecule has 1 rings (SSSR count). The quantitative estimate of drug-likeness (QED) is 0.469. The molecular weight excluding hydrogens is 232 g/mol. The van der Waals surface area contributed by atoms with Crippen molar-refractivity contribution in [3.8, 4) is 0 Å². The van der Waals surface area contributed by atoms with Gasteiger partial charge in [0.2, 0.25) is 6.33 Å². The highest BCUT2D eigenvalue weighted by Crippen LogP contribution is 2.10. The van der Waals surface area contributed by atoms with Crippen LogP contribution in [0.4, 0.5) is 0 Å². The molecule has 1 heterocycles. The lowest BCUT2D eigenvalue weighted by molar-refractivity contribution is -0.696. The Morgan fingerprint density at radius 2 is 1.71 bits per heavy atom. The first-order valence-corrected chi connectivity index (χ1v) is 6.69. The third kappa shape index (κ3) is 8.25. The molecule has 0 N–H and O–H groups in total. The molecule has 0 amide bonds. The molecule has 0 unspecified atom stereocenters.